The van der Waals surface area contributed by atoms with E-state index in [4.69, 9.17) is 14.2 Å². The molecule has 1 aromatic heterocycles. The quantitative estimate of drug-likeness (QED) is 0.206. The Hall–Kier alpha value is -3.06. The van der Waals surface area contributed by atoms with Gasteiger partial charge in [0.2, 0.25) is 5.13 Å². The van der Waals surface area contributed by atoms with Crippen LogP contribution in [-0.4, -0.2) is 31.5 Å². The Kier molecular flexibility index (Phi) is 8.72. The predicted molar refractivity (Wildman–Crippen MR) is 128 cm³/mol. The highest BCUT2D eigenvalue weighted by molar-refractivity contribution is 7.14. The number of nitrogens with zero attached hydrogens (tertiary/aromatic N) is 2. The minimum atomic E-state index is 0.581. The molecule has 0 amide bonds. The summed E-state index contributed by atoms with van der Waals surface area (Å²) in [4.78, 5) is 4.59. The molecule has 0 saturated heterocycles. The average Bonchev–Trinajstić information content (AvgIpc) is 3.27. The Morgan fingerprint density at radius 2 is 1.87 bits per heavy atom. The van der Waals surface area contributed by atoms with Gasteiger partial charge in [0.1, 0.15) is 5.75 Å². The van der Waals surface area contributed by atoms with Gasteiger partial charge in [0, 0.05) is 10.9 Å². The first-order valence-electron chi connectivity index (χ1n) is 10.5. The molecule has 164 valence electrons. The van der Waals surface area contributed by atoms with Gasteiger partial charge in [-0.15, -0.1) is 11.3 Å². The molecule has 0 atom stereocenters. The second-order valence-electron chi connectivity index (χ2n) is 6.83. The van der Waals surface area contributed by atoms with E-state index >= 15 is 0 Å². The lowest BCUT2D eigenvalue weighted by molar-refractivity contribution is 0.271. The molecule has 31 heavy (non-hydrogen) atoms. The van der Waals surface area contributed by atoms with Crippen molar-refractivity contribution in [1.29, 1.82) is 0 Å². The van der Waals surface area contributed by atoms with Gasteiger partial charge in [0.05, 0.1) is 32.2 Å². The van der Waals surface area contributed by atoms with Gasteiger partial charge in [-0.1, -0.05) is 19.8 Å². The van der Waals surface area contributed by atoms with Crippen molar-refractivity contribution in [3.05, 3.63) is 53.4 Å². The van der Waals surface area contributed by atoms with Gasteiger partial charge in [0.15, 0.2) is 11.5 Å². The van der Waals surface area contributed by atoms with Crippen LogP contribution >= 0.6 is 11.3 Å². The molecule has 1 heterocycles. The van der Waals surface area contributed by atoms with Crippen molar-refractivity contribution in [3.63, 3.8) is 0 Å². The Morgan fingerprint density at radius 1 is 1.03 bits per heavy atom. The molecule has 1 N–H and O–H groups in total. The van der Waals surface area contributed by atoms with Gasteiger partial charge in [-0.05, 0) is 61.4 Å². The van der Waals surface area contributed by atoms with Crippen molar-refractivity contribution in [2.75, 3.05) is 25.7 Å². The van der Waals surface area contributed by atoms with E-state index in [9.17, 15) is 0 Å². The number of hydrazone groups is 1. The van der Waals surface area contributed by atoms with Gasteiger partial charge in [-0.3, -0.25) is 5.43 Å². The molecular weight excluding hydrogens is 410 g/mol. The van der Waals surface area contributed by atoms with E-state index in [1.165, 1.54) is 17.8 Å². The Bertz CT molecular complexity index is 970. The van der Waals surface area contributed by atoms with E-state index in [1.807, 2.05) is 54.8 Å². The van der Waals surface area contributed by atoms with Crippen LogP contribution in [0.1, 0.15) is 38.7 Å². The summed E-state index contributed by atoms with van der Waals surface area (Å²) in [5.41, 5.74) is 5.85. The fourth-order valence-electron chi connectivity index (χ4n) is 2.91. The molecule has 0 fully saturated rings. The zero-order valence-electron chi connectivity index (χ0n) is 18.3. The number of aromatic nitrogens is 1. The van der Waals surface area contributed by atoms with Crippen molar-refractivity contribution >= 4 is 22.7 Å². The lowest BCUT2D eigenvalue weighted by Crippen LogP contribution is -2.01. The second kappa shape index (κ2) is 12.0. The predicted octanol–water partition coefficient (Wildman–Crippen LogP) is 6.23. The SMILES string of the molecule is CCCCCOc1ccc(/C=N\Nc2nc(-c3ccc(OC)cc3)cs2)cc1OCC. The van der Waals surface area contributed by atoms with E-state index in [0.29, 0.717) is 13.2 Å². The van der Waals surface area contributed by atoms with Crippen LogP contribution < -0.4 is 19.6 Å². The first kappa shape index (κ1) is 22.6. The van der Waals surface area contributed by atoms with Gasteiger partial charge in [-0.2, -0.15) is 5.10 Å². The summed E-state index contributed by atoms with van der Waals surface area (Å²) in [6, 6.07) is 13.7. The minimum absolute atomic E-state index is 0.581. The van der Waals surface area contributed by atoms with E-state index < -0.39 is 0 Å². The second-order valence-corrected chi connectivity index (χ2v) is 7.69. The van der Waals surface area contributed by atoms with Crippen LogP contribution in [-0.2, 0) is 0 Å². The maximum Gasteiger partial charge on any atom is 0.203 e. The fourth-order valence-corrected chi connectivity index (χ4v) is 3.58. The molecule has 2 aromatic carbocycles. The highest BCUT2D eigenvalue weighted by atomic mass is 32.1. The van der Waals surface area contributed by atoms with Crippen LogP contribution in [0.15, 0.2) is 52.9 Å². The summed E-state index contributed by atoms with van der Waals surface area (Å²) in [7, 11) is 1.66. The largest absolute Gasteiger partial charge is 0.497 e. The molecule has 0 aliphatic heterocycles. The molecule has 0 radical (unpaired) electrons. The van der Waals surface area contributed by atoms with Crippen LogP contribution in [0.5, 0.6) is 17.2 Å². The molecule has 7 heteroatoms. The number of hydrogen-bond donors (Lipinski definition) is 1. The average molecular weight is 440 g/mol. The van der Waals surface area contributed by atoms with Crippen molar-refractivity contribution < 1.29 is 14.2 Å². The summed E-state index contributed by atoms with van der Waals surface area (Å²) in [6.07, 6.45) is 5.13. The van der Waals surface area contributed by atoms with Crippen LogP contribution in [0.4, 0.5) is 5.13 Å². The number of rotatable bonds is 12. The summed E-state index contributed by atoms with van der Waals surface area (Å²) in [5, 5.41) is 7.04. The number of benzene rings is 2. The van der Waals surface area contributed by atoms with Gasteiger partial charge in [-0.25, -0.2) is 4.98 Å². The van der Waals surface area contributed by atoms with E-state index in [2.05, 4.69) is 22.4 Å². The van der Waals surface area contributed by atoms with E-state index in [1.54, 1.807) is 13.3 Å². The van der Waals surface area contributed by atoms with Crippen LogP contribution in [0.2, 0.25) is 0 Å². The topological polar surface area (TPSA) is 65.0 Å². The Labute approximate surface area is 187 Å². The van der Waals surface area contributed by atoms with Crippen LogP contribution in [0.25, 0.3) is 11.3 Å². The number of thiazole rings is 1. The van der Waals surface area contributed by atoms with Crippen molar-refractivity contribution in [2.45, 2.75) is 33.1 Å². The van der Waals surface area contributed by atoms with Crippen molar-refractivity contribution in [2.24, 2.45) is 5.10 Å². The summed E-state index contributed by atoms with van der Waals surface area (Å²) < 4.78 is 16.8. The number of anilines is 1. The monoisotopic (exact) mass is 439 g/mol. The fraction of sp³-hybridized carbons (Fsp3) is 0.333. The smallest absolute Gasteiger partial charge is 0.203 e. The van der Waals surface area contributed by atoms with Gasteiger partial charge >= 0.3 is 0 Å². The number of nitrogens with one attached hydrogen (secondary N) is 1. The Morgan fingerprint density at radius 3 is 2.61 bits per heavy atom. The molecule has 0 aliphatic rings. The zero-order chi connectivity index (χ0) is 21.9. The third-order valence-corrected chi connectivity index (χ3v) is 5.28. The number of methoxy groups -OCH3 is 1. The highest BCUT2D eigenvalue weighted by Gasteiger charge is 2.07. The van der Waals surface area contributed by atoms with Crippen LogP contribution in [0.3, 0.4) is 0 Å². The molecule has 3 rings (SSSR count). The standard InChI is InChI=1S/C24H29N3O3S/c1-4-6-7-14-30-22-13-8-18(15-23(22)29-5-2)16-25-27-24-26-21(17-31-24)19-9-11-20(28-3)12-10-19/h8-13,15-17H,4-7,14H2,1-3H3,(H,26,27)/b25-16-. The maximum atomic E-state index is 5.88. The summed E-state index contributed by atoms with van der Waals surface area (Å²) in [5.74, 6) is 2.33. The summed E-state index contributed by atoms with van der Waals surface area (Å²) >= 11 is 1.50. The minimum Gasteiger partial charge on any atom is -0.497 e. The molecule has 0 bridgehead atoms. The first-order valence-corrected chi connectivity index (χ1v) is 11.4. The molecule has 3 aromatic rings. The molecule has 0 aliphatic carbocycles. The van der Waals surface area contributed by atoms with Crippen molar-refractivity contribution in [1.82, 2.24) is 4.98 Å². The molecule has 0 unspecified atom stereocenters. The molecule has 0 spiro atoms. The molecule has 6 nitrogen and oxygen atoms in total. The van der Waals surface area contributed by atoms with Crippen molar-refractivity contribution in [3.8, 4) is 28.5 Å². The lowest BCUT2D eigenvalue weighted by Gasteiger charge is -2.12. The van der Waals surface area contributed by atoms with Crippen LogP contribution in [0, 0.1) is 0 Å². The number of unbranched alkanes of at least 4 members (excludes halogenated alkanes) is 2. The number of hydrogen-bond acceptors (Lipinski definition) is 7. The lowest BCUT2D eigenvalue weighted by atomic mass is 10.2. The van der Waals surface area contributed by atoms with Gasteiger partial charge < -0.3 is 14.2 Å². The third kappa shape index (κ3) is 6.72. The maximum absolute atomic E-state index is 5.88. The van der Waals surface area contributed by atoms with E-state index in [-0.39, 0.29) is 0 Å². The Balaban J connectivity index is 1.61. The normalized spacial score (nSPS) is 10.9. The zero-order valence-corrected chi connectivity index (χ0v) is 19.1. The van der Waals surface area contributed by atoms with Gasteiger partial charge in [0.25, 0.3) is 0 Å². The molecular formula is C24H29N3O3S. The molecule has 0 saturated carbocycles. The first-order chi connectivity index (χ1) is 15.2. The van der Waals surface area contributed by atoms with E-state index in [0.717, 1.165) is 52.0 Å². The summed E-state index contributed by atoms with van der Waals surface area (Å²) in [6.45, 7) is 5.42. The highest BCUT2D eigenvalue weighted by Crippen LogP contribution is 2.29. The third-order valence-electron chi connectivity index (χ3n) is 4.54. The number of ether oxygens (including phenoxy) is 3.